The smallest absolute Gasteiger partial charge is 0.160 e. The zero-order chi connectivity index (χ0) is 13.2. The van der Waals surface area contributed by atoms with Gasteiger partial charge in [0.2, 0.25) is 0 Å². The second-order valence-corrected chi connectivity index (χ2v) is 5.52. The molecule has 3 aromatic heterocycles. The van der Waals surface area contributed by atoms with Gasteiger partial charge in [-0.1, -0.05) is 17.7 Å². The molecular formula is C13H12ClN3OS. The molecule has 3 heterocycles. The lowest BCUT2D eigenvalue weighted by Gasteiger charge is -2.05. The highest BCUT2D eigenvalue weighted by Crippen LogP contribution is 2.28. The van der Waals surface area contributed by atoms with E-state index in [4.69, 9.17) is 16.7 Å². The highest BCUT2D eigenvalue weighted by Gasteiger charge is 2.14. The largest absolute Gasteiger partial charge is 0.396 e. The fourth-order valence-electron chi connectivity index (χ4n) is 2.02. The lowest BCUT2D eigenvalue weighted by Crippen LogP contribution is -2.02. The van der Waals surface area contributed by atoms with E-state index in [9.17, 15) is 0 Å². The number of nitrogens with zero attached hydrogens (tertiary/aromatic N) is 3. The van der Waals surface area contributed by atoms with Gasteiger partial charge in [-0.3, -0.25) is 0 Å². The maximum atomic E-state index is 9.03. The molecule has 0 aliphatic heterocycles. The van der Waals surface area contributed by atoms with E-state index in [0.717, 1.165) is 21.9 Å². The minimum absolute atomic E-state index is 0.150. The van der Waals surface area contributed by atoms with E-state index in [-0.39, 0.29) is 6.61 Å². The maximum Gasteiger partial charge on any atom is 0.160 e. The molecule has 0 fully saturated rings. The highest BCUT2D eigenvalue weighted by atomic mass is 35.5. The molecule has 0 amide bonds. The first-order chi connectivity index (χ1) is 9.29. The third-order valence-electron chi connectivity index (χ3n) is 2.83. The Morgan fingerprint density at radius 3 is 3.05 bits per heavy atom. The van der Waals surface area contributed by atoms with Gasteiger partial charge in [0, 0.05) is 19.3 Å². The van der Waals surface area contributed by atoms with Crippen LogP contribution in [0, 0.1) is 0 Å². The van der Waals surface area contributed by atoms with Crippen LogP contribution < -0.4 is 0 Å². The molecule has 0 bridgehead atoms. The summed E-state index contributed by atoms with van der Waals surface area (Å²) in [6, 6.07) is 5.84. The number of hydrogen-bond donors (Lipinski definition) is 1. The van der Waals surface area contributed by atoms with E-state index in [2.05, 4.69) is 9.97 Å². The minimum Gasteiger partial charge on any atom is -0.396 e. The lowest BCUT2D eigenvalue weighted by molar-refractivity contribution is 0.280. The van der Waals surface area contributed by atoms with Crippen molar-refractivity contribution in [1.29, 1.82) is 0 Å². The summed E-state index contributed by atoms with van der Waals surface area (Å²) in [5.74, 6) is 0.883. The van der Waals surface area contributed by atoms with E-state index in [1.807, 2.05) is 28.1 Å². The van der Waals surface area contributed by atoms with Gasteiger partial charge in [0.1, 0.15) is 5.52 Å². The summed E-state index contributed by atoms with van der Waals surface area (Å²) in [5, 5.41) is 11.6. The van der Waals surface area contributed by atoms with Gasteiger partial charge in [-0.05, 0) is 23.9 Å². The van der Waals surface area contributed by atoms with Crippen molar-refractivity contribution in [2.45, 2.75) is 13.0 Å². The zero-order valence-electron chi connectivity index (χ0n) is 10.1. The van der Waals surface area contributed by atoms with Gasteiger partial charge in [-0.2, -0.15) is 0 Å². The Bertz CT molecular complexity index is 693. The number of aromatic nitrogens is 3. The number of rotatable bonds is 4. The van der Waals surface area contributed by atoms with Crippen molar-refractivity contribution in [3.05, 3.63) is 34.8 Å². The topological polar surface area (TPSA) is 50.9 Å². The standard InChI is InChI=1S/C13H12ClN3OS/c14-9-7-10-12(15-8-9)17(4-2-5-18)13(16-10)11-3-1-6-19-11/h1,3,6-8,18H,2,4-5H2. The van der Waals surface area contributed by atoms with Crippen LogP contribution in [0.5, 0.6) is 0 Å². The Hall–Kier alpha value is -1.43. The summed E-state index contributed by atoms with van der Waals surface area (Å²) in [6.07, 6.45) is 2.30. The molecule has 0 aliphatic rings. The number of thiophene rings is 1. The van der Waals surface area contributed by atoms with Gasteiger partial charge >= 0.3 is 0 Å². The van der Waals surface area contributed by atoms with Crippen molar-refractivity contribution in [2.24, 2.45) is 0 Å². The monoisotopic (exact) mass is 293 g/mol. The van der Waals surface area contributed by atoms with Crippen LogP contribution in [0.4, 0.5) is 0 Å². The van der Waals surface area contributed by atoms with Crippen molar-refractivity contribution >= 4 is 34.1 Å². The first kappa shape index (κ1) is 12.6. The van der Waals surface area contributed by atoms with Crippen molar-refractivity contribution in [3.8, 4) is 10.7 Å². The summed E-state index contributed by atoms with van der Waals surface area (Å²) in [4.78, 5) is 10.1. The van der Waals surface area contributed by atoms with E-state index in [1.54, 1.807) is 17.5 Å². The van der Waals surface area contributed by atoms with Gasteiger partial charge in [-0.15, -0.1) is 11.3 Å². The molecule has 0 unspecified atom stereocenters. The summed E-state index contributed by atoms with van der Waals surface area (Å²) >= 11 is 7.60. The van der Waals surface area contributed by atoms with Crippen molar-refractivity contribution < 1.29 is 5.11 Å². The molecule has 98 valence electrons. The molecule has 3 rings (SSSR count). The SMILES string of the molecule is OCCCn1c(-c2cccs2)nc2cc(Cl)cnc21. The summed E-state index contributed by atoms with van der Waals surface area (Å²) in [7, 11) is 0. The predicted octanol–water partition coefficient (Wildman–Crippen LogP) is 3.20. The summed E-state index contributed by atoms with van der Waals surface area (Å²) < 4.78 is 2.04. The number of pyridine rings is 1. The van der Waals surface area contributed by atoms with Crippen molar-refractivity contribution in [1.82, 2.24) is 14.5 Å². The van der Waals surface area contributed by atoms with E-state index in [1.165, 1.54) is 0 Å². The molecule has 0 spiro atoms. The van der Waals surface area contributed by atoms with Crippen LogP contribution in [0.1, 0.15) is 6.42 Å². The molecule has 3 aromatic rings. The summed E-state index contributed by atoms with van der Waals surface area (Å²) in [5.41, 5.74) is 1.59. The van der Waals surface area contributed by atoms with Crippen molar-refractivity contribution in [2.75, 3.05) is 6.61 Å². The van der Waals surface area contributed by atoms with Gasteiger partial charge in [-0.25, -0.2) is 9.97 Å². The number of halogens is 1. The van der Waals surface area contributed by atoms with E-state index < -0.39 is 0 Å². The molecule has 0 aromatic carbocycles. The lowest BCUT2D eigenvalue weighted by atomic mass is 10.4. The molecule has 1 N–H and O–H groups in total. The predicted molar refractivity (Wildman–Crippen MR) is 77.6 cm³/mol. The van der Waals surface area contributed by atoms with Crippen molar-refractivity contribution in [3.63, 3.8) is 0 Å². The Balaban J connectivity index is 2.18. The average Bonchev–Trinajstić information content (AvgIpc) is 3.02. The number of aliphatic hydroxyl groups is 1. The van der Waals surface area contributed by atoms with Crippen LogP contribution in [0.2, 0.25) is 5.02 Å². The molecule has 0 atom stereocenters. The van der Waals surface area contributed by atoms with Gasteiger partial charge < -0.3 is 9.67 Å². The third kappa shape index (κ3) is 2.36. The molecule has 6 heteroatoms. The molecule has 0 saturated heterocycles. The van der Waals surface area contributed by atoms with Gasteiger partial charge in [0.25, 0.3) is 0 Å². The molecular weight excluding hydrogens is 282 g/mol. The Labute approximate surface area is 119 Å². The Morgan fingerprint density at radius 2 is 2.32 bits per heavy atom. The number of imidazole rings is 1. The Kier molecular flexibility index (Phi) is 3.50. The Morgan fingerprint density at radius 1 is 1.42 bits per heavy atom. The third-order valence-corrected chi connectivity index (χ3v) is 3.91. The zero-order valence-corrected chi connectivity index (χ0v) is 11.7. The molecule has 4 nitrogen and oxygen atoms in total. The van der Waals surface area contributed by atoms with E-state index >= 15 is 0 Å². The number of hydrogen-bond acceptors (Lipinski definition) is 4. The molecule has 0 radical (unpaired) electrons. The van der Waals surface area contributed by atoms with Crippen LogP contribution in [-0.4, -0.2) is 26.2 Å². The van der Waals surface area contributed by atoms with Gasteiger partial charge in [0.15, 0.2) is 11.5 Å². The summed E-state index contributed by atoms with van der Waals surface area (Å²) in [6.45, 7) is 0.839. The van der Waals surface area contributed by atoms with Crippen LogP contribution in [0.15, 0.2) is 29.8 Å². The number of aliphatic hydroxyl groups excluding tert-OH is 1. The van der Waals surface area contributed by atoms with Crippen LogP contribution in [-0.2, 0) is 6.54 Å². The number of aryl methyl sites for hydroxylation is 1. The first-order valence-corrected chi connectivity index (χ1v) is 7.22. The number of fused-ring (bicyclic) bond motifs is 1. The van der Waals surface area contributed by atoms with Gasteiger partial charge in [0.05, 0.1) is 9.90 Å². The van der Waals surface area contributed by atoms with E-state index in [0.29, 0.717) is 18.0 Å². The second kappa shape index (κ2) is 5.28. The quantitative estimate of drug-likeness (QED) is 0.804. The minimum atomic E-state index is 0.150. The molecule has 0 aliphatic carbocycles. The van der Waals surface area contributed by atoms with Crippen LogP contribution >= 0.6 is 22.9 Å². The average molecular weight is 294 g/mol. The normalized spacial score (nSPS) is 11.3. The maximum absolute atomic E-state index is 9.03. The first-order valence-electron chi connectivity index (χ1n) is 5.96. The fraction of sp³-hybridized carbons (Fsp3) is 0.231. The molecule has 0 saturated carbocycles. The fourth-order valence-corrected chi connectivity index (χ4v) is 2.90. The molecule has 19 heavy (non-hydrogen) atoms. The highest BCUT2D eigenvalue weighted by molar-refractivity contribution is 7.13. The van der Waals surface area contributed by atoms with Crippen LogP contribution in [0.25, 0.3) is 21.9 Å². The second-order valence-electron chi connectivity index (χ2n) is 4.14. The van der Waals surface area contributed by atoms with Crippen LogP contribution in [0.3, 0.4) is 0 Å².